The molecule has 0 saturated carbocycles. The van der Waals surface area contributed by atoms with Crippen molar-refractivity contribution in [2.45, 2.75) is 5.38 Å². The van der Waals surface area contributed by atoms with Crippen LogP contribution >= 0.6 is 62.1 Å². The minimum absolute atomic E-state index is 0.277. The number of hydrogen-bond acceptors (Lipinski definition) is 1. The average Bonchev–Trinajstić information content (AvgIpc) is 2.67. The molecule has 0 fully saturated rings. The number of thiophene rings is 1. The van der Waals surface area contributed by atoms with Gasteiger partial charge in [0.25, 0.3) is 0 Å². The summed E-state index contributed by atoms with van der Waals surface area (Å²) < 4.78 is 0.994. The molecule has 0 nitrogen and oxygen atoms in total. The van der Waals surface area contributed by atoms with Crippen molar-refractivity contribution in [3.8, 4) is 0 Å². The number of benzene rings is 1. The second-order valence-electron chi connectivity index (χ2n) is 3.16. The third-order valence-electron chi connectivity index (χ3n) is 2.11. The predicted octanol–water partition coefficient (Wildman–Crippen LogP) is 6.15. The zero-order chi connectivity index (χ0) is 11.7. The molecule has 1 unspecified atom stereocenters. The summed E-state index contributed by atoms with van der Waals surface area (Å²) in [4.78, 5) is 1.03. The first-order valence-electron chi connectivity index (χ1n) is 4.41. The van der Waals surface area contributed by atoms with Crippen LogP contribution in [-0.4, -0.2) is 0 Å². The lowest BCUT2D eigenvalue weighted by Gasteiger charge is -2.11. The van der Waals surface area contributed by atoms with Crippen LogP contribution in [0.4, 0.5) is 0 Å². The third-order valence-corrected chi connectivity index (χ3v) is 5.20. The van der Waals surface area contributed by atoms with Gasteiger partial charge in [-0.05, 0) is 51.1 Å². The highest BCUT2D eigenvalue weighted by Gasteiger charge is 2.18. The van der Waals surface area contributed by atoms with Gasteiger partial charge in [-0.2, -0.15) is 0 Å². The Morgan fingerprint density at radius 3 is 2.56 bits per heavy atom. The normalized spacial score (nSPS) is 12.8. The SMILES string of the molecule is Clc1ccc(Cl)c(C(Cl)c2sccc2Br)c1. The molecule has 0 aliphatic heterocycles. The van der Waals surface area contributed by atoms with Gasteiger partial charge in [-0.1, -0.05) is 23.2 Å². The number of alkyl halides is 1. The second kappa shape index (κ2) is 5.28. The third kappa shape index (κ3) is 2.57. The Bertz CT molecular complexity index is 510. The first kappa shape index (κ1) is 12.7. The molecule has 0 aliphatic carbocycles. The van der Waals surface area contributed by atoms with Gasteiger partial charge in [0, 0.05) is 19.4 Å². The van der Waals surface area contributed by atoms with Crippen molar-refractivity contribution in [1.29, 1.82) is 0 Å². The molecule has 0 aliphatic rings. The van der Waals surface area contributed by atoms with Gasteiger partial charge in [0.05, 0.1) is 5.38 Å². The fourth-order valence-electron chi connectivity index (χ4n) is 1.34. The molecule has 16 heavy (non-hydrogen) atoms. The van der Waals surface area contributed by atoms with Crippen LogP contribution in [0.2, 0.25) is 10.0 Å². The van der Waals surface area contributed by atoms with Crippen molar-refractivity contribution < 1.29 is 0 Å². The highest BCUT2D eigenvalue weighted by atomic mass is 79.9. The number of rotatable bonds is 2. The standard InChI is InChI=1S/C11H6BrCl3S/c12-8-3-4-16-11(8)10(15)7-5-6(13)1-2-9(7)14/h1-5,10H. The Hall–Kier alpha value is 0.270. The molecule has 1 atom stereocenters. The van der Waals surface area contributed by atoms with Crippen molar-refractivity contribution in [3.05, 3.63) is 54.6 Å². The molecule has 5 heteroatoms. The fraction of sp³-hybridized carbons (Fsp3) is 0.0909. The highest BCUT2D eigenvalue weighted by molar-refractivity contribution is 9.10. The van der Waals surface area contributed by atoms with E-state index in [4.69, 9.17) is 34.8 Å². The molecule has 2 rings (SSSR count). The zero-order valence-electron chi connectivity index (χ0n) is 7.88. The van der Waals surface area contributed by atoms with Crippen LogP contribution in [0.1, 0.15) is 15.8 Å². The predicted molar refractivity (Wildman–Crippen MR) is 76.2 cm³/mol. The van der Waals surface area contributed by atoms with Crippen LogP contribution in [0.3, 0.4) is 0 Å². The van der Waals surface area contributed by atoms with Gasteiger partial charge >= 0.3 is 0 Å². The maximum absolute atomic E-state index is 6.39. The van der Waals surface area contributed by atoms with Crippen LogP contribution in [0.5, 0.6) is 0 Å². The smallest absolute Gasteiger partial charge is 0.0953 e. The van der Waals surface area contributed by atoms with Crippen LogP contribution in [0, 0.1) is 0 Å². The summed E-state index contributed by atoms with van der Waals surface area (Å²) >= 11 is 23.5. The Kier molecular flexibility index (Phi) is 4.20. The van der Waals surface area contributed by atoms with E-state index in [0.29, 0.717) is 10.0 Å². The van der Waals surface area contributed by atoms with Gasteiger partial charge in [0.2, 0.25) is 0 Å². The molecule has 0 radical (unpaired) electrons. The molecular formula is C11H6BrCl3S. The molecule has 0 N–H and O–H groups in total. The molecule has 0 amide bonds. The lowest BCUT2D eigenvalue weighted by molar-refractivity contribution is 1.17. The average molecular weight is 356 g/mol. The largest absolute Gasteiger partial charge is 0.146 e. The van der Waals surface area contributed by atoms with Gasteiger partial charge in [0.1, 0.15) is 0 Å². The summed E-state index contributed by atoms with van der Waals surface area (Å²) in [6, 6.07) is 7.28. The lowest BCUT2D eigenvalue weighted by Crippen LogP contribution is -1.92. The summed E-state index contributed by atoms with van der Waals surface area (Å²) in [7, 11) is 0. The Balaban J connectivity index is 2.45. The van der Waals surface area contributed by atoms with E-state index < -0.39 is 0 Å². The van der Waals surface area contributed by atoms with Crippen molar-refractivity contribution >= 4 is 62.1 Å². The Morgan fingerprint density at radius 2 is 1.94 bits per heavy atom. The first-order chi connectivity index (χ1) is 7.59. The first-order valence-corrected chi connectivity index (χ1v) is 7.28. The maximum atomic E-state index is 6.39. The van der Waals surface area contributed by atoms with Crippen molar-refractivity contribution in [1.82, 2.24) is 0 Å². The van der Waals surface area contributed by atoms with E-state index in [1.807, 2.05) is 11.4 Å². The minimum Gasteiger partial charge on any atom is -0.146 e. The van der Waals surface area contributed by atoms with Crippen LogP contribution < -0.4 is 0 Å². The quantitative estimate of drug-likeness (QED) is 0.567. The molecule has 84 valence electrons. The van der Waals surface area contributed by atoms with Crippen molar-refractivity contribution in [2.24, 2.45) is 0 Å². The zero-order valence-corrected chi connectivity index (χ0v) is 12.6. The van der Waals surface area contributed by atoms with E-state index in [0.717, 1.165) is 14.9 Å². The van der Waals surface area contributed by atoms with E-state index in [1.165, 1.54) is 0 Å². The van der Waals surface area contributed by atoms with Crippen LogP contribution in [0.25, 0.3) is 0 Å². The van der Waals surface area contributed by atoms with Gasteiger partial charge in [-0.15, -0.1) is 22.9 Å². The Labute approximate surface area is 121 Å². The highest BCUT2D eigenvalue weighted by Crippen LogP contribution is 2.40. The van der Waals surface area contributed by atoms with Gasteiger partial charge in [-0.3, -0.25) is 0 Å². The molecule has 2 aromatic rings. The monoisotopic (exact) mass is 354 g/mol. The van der Waals surface area contributed by atoms with E-state index in [-0.39, 0.29) is 5.38 Å². The number of hydrogen-bond donors (Lipinski definition) is 0. The summed E-state index contributed by atoms with van der Waals surface area (Å²) in [5.41, 5.74) is 0.832. The van der Waals surface area contributed by atoms with Gasteiger partial charge in [0.15, 0.2) is 0 Å². The Morgan fingerprint density at radius 1 is 1.19 bits per heavy atom. The van der Waals surface area contributed by atoms with E-state index in [1.54, 1.807) is 29.5 Å². The van der Waals surface area contributed by atoms with Crippen molar-refractivity contribution in [3.63, 3.8) is 0 Å². The summed E-state index contributed by atoms with van der Waals surface area (Å²) in [5.74, 6) is 0. The molecule has 0 spiro atoms. The van der Waals surface area contributed by atoms with Crippen molar-refractivity contribution in [2.75, 3.05) is 0 Å². The second-order valence-corrected chi connectivity index (χ2v) is 6.24. The molecular weight excluding hydrogens is 350 g/mol. The van der Waals surface area contributed by atoms with E-state index >= 15 is 0 Å². The molecule has 1 aromatic heterocycles. The van der Waals surface area contributed by atoms with E-state index in [9.17, 15) is 0 Å². The van der Waals surface area contributed by atoms with Gasteiger partial charge < -0.3 is 0 Å². The topological polar surface area (TPSA) is 0 Å². The van der Waals surface area contributed by atoms with Gasteiger partial charge in [-0.25, -0.2) is 0 Å². The minimum atomic E-state index is -0.277. The number of halogens is 4. The molecule has 0 bridgehead atoms. The van der Waals surface area contributed by atoms with Crippen LogP contribution in [-0.2, 0) is 0 Å². The lowest BCUT2D eigenvalue weighted by atomic mass is 10.1. The fourth-order valence-corrected chi connectivity index (χ4v) is 3.98. The van der Waals surface area contributed by atoms with Crippen LogP contribution in [0.15, 0.2) is 34.1 Å². The summed E-state index contributed by atoms with van der Waals surface area (Å²) in [6.07, 6.45) is 0. The maximum Gasteiger partial charge on any atom is 0.0953 e. The summed E-state index contributed by atoms with van der Waals surface area (Å²) in [5, 5.41) is 2.97. The summed E-state index contributed by atoms with van der Waals surface area (Å²) in [6.45, 7) is 0. The molecule has 0 saturated heterocycles. The molecule has 1 aromatic carbocycles. The van der Waals surface area contributed by atoms with E-state index in [2.05, 4.69) is 15.9 Å². The molecule has 1 heterocycles.